The van der Waals surface area contributed by atoms with Gasteiger partial charge in [-0.05, 0) is 29.2 Å². The maximum Gasteiger partial charge on any atom is 0.266 e. The minimum Gasteiger partial charge on any atom is -0.379 e. The first-order valence-corrected chi connectivity index (χ1v) is 10.3. The molecule has 158 valence electrons. The average Bonchev–Trinajstić information content (AvgIpc) is 2.78. The highest BCUT2D eigenvalue weighted by Gasteiger charge is 2.35. The molecule has 0 saturated carbocycles. The van der Waals surface area contributed by atoms with Crippen molar-refractivity contribution in [1.29, 1.82) is 0 Å². The smallest absolute Gasteiger partial charge is 0.266 e. The molecule has 0 aliphatic carbocycles. The van der Waals surface area contributed by atoms with Crippen molar-refractivity contribution in [2.45, 2.75) is 26.1 Å². The number of carbonyl (C=O) groups is 2. The van der Waals surface area contributed by atoms with Gasteiger partial charge in [0, 0.05) is 26.2 Å². The van der Waals surface area contributed by atoms with Gasteiger partial charge < -0.3 is 9.64 Å². The van der Waals surface area contributed by atoms with Crippen LogP contribution in [0.3, 0.4) is 0 Å². The van der Waals surface area contributed by atoms with E-state index < -0.39 is 11.9 Å². The molecule has 2 saturated heterocycles. The van der Waals surface area contributed by atoms with Crippen LogP contribution in [-0.2, 0) is 27.4 Å². The highest BCUT2D eigenvalue weighted by atomic mass is 16.5. The molecule has 2 aliphatic heterocycles. The second kappa shape index (κ2) is 8.95. The zero-order chi connectivity index (χ0) is 21.1. The van der Waals surface area contributed by atoms with Gasteiger partial charge in [-0.3, -0.25) is 19.7 Å². The van der Waals surface area contributed by atoms with Gasteiger partial charge in [0.15, 0.2) is 0 Å². The Labute approximate surface area is 176 Å². The quantitative estimate of drug-likeness (QED) is 0.766. The maximum atomic E-state index is 12.3. The Morgan fingerprint density at radius 3 is 2.00 bits per heavy atom. The SMILES string of the molecule is CC1C(=O)N(Cc2ccc(-c3ccc(CN4CCOCC4)cc3)cc2)CC(=O)N1O. The lowest BCUT2D eigenvalue weighted by molar-refractivity contribution is -0.192. The number of hydroxylamine groups is 2. The lowest BCUT2D eigenvalue weighted by Gasteiger charge is -2.34. The molecule has 2 heterocycles. The molecule has 2 aliphatic rings. The number of nitrogens with zero attached hydrogens (tertiary/aromatic N) is 3. The van der Waals surface area contributed by atoms with E-state index >= 15 is 0 Å². The van der Waals surface area contributed by atoms with Crippen LogP contribution in [0.25, 0.3) is 11.1 Å². The molecule has 0 aromatic heterocycles. The van der Waals surface area contributed by atoms with Crippen LogP contribution in [0, 0.1) is 0 Å². The molecule has 4 rings (SSSR count). The molecule has 1 unspecified atom stereocenters. The lowest BCUT2D eigenvalue weighted by atomic mass is 10.0. The fourth-order valence-electron chi connectivity index (χ4n) is 3.88. The molecule has 0 bridgehead atoms. The molecular formula is C23H27N3O4. The van der Waals surface area contributed by atoms with Crippen molar-refractivity contribution in [1.82, 2.24) is 14.9 Å². The minimum atomic E-state index is -0.846. The first-order valence-electron chi connectivity index (χ1n) is 10.3. The molecule has 30 heavy (non-hydrogen) atoms. The number of carbonyl (C=O) groups excluding carboxylic acids is 2. The summed E-state index contributed by atoms with van der Waals surface area (Å²) in [7, 11) is 0. The molecule has 1 atom stereocenters. The van der Waals surface area contributed by atoms with Crippen molar-refractivity contribution in [2.75, 3.05) is 32.8 Å². The number of hydrogen-bond donors (Lipinski definition) is 1. The number of piperazine rings is 1. The third-order valence-corrected chi connectivity index (χ3v) is 5.74. The largest absolute Gasteiger partial charge is 0.379 e. The Morgan fingerprint density at radius 1 is 0.900 bits per heavy atom. The third kappa shape index (κ3) is 4.53. The van der Waals surface area contributed by atoms with Crippen LogP contribution >= 0.6 is 0 Å². The van der Waals surface area contributed by atoms with Crippen molar-refractivity contribution in [3.05, 3.63) is 59.7 Å². The van der Waals surface area contributed by atoms with E-state index in [-0.39, 0.29) is 12.5 Å². The molecular weight excluding hydrogens is 382 g/mol. The molecule has 7 nitrogen and oxygen atoms in total. The molecule has 0 spiro atoms. The zero-order valence-corrected chi connectivity index (χ0v) is 17.2. The van der Waals surface area contributed by atoms with Crippen LogP contribution in [0.5, 0.6) is 0 Å². The van der Waals surface area contributed by atoms with Crippen molar-refractivity contribution in [3.8, 4) is 11.1 Å². The first-order chi connectivity index (χ1) is 14.5. The molecule has 7 heteroatoms. The highest BCUT2D eigenvalue weighted by molar-refractivity contribution is 5.93. The zero-order valence-electron chi connectivity index (χ0n) is 17.2. The molecule has 2 amide bonds. The third-order valence-electron chi connectivity index (χ3n) is 5.74. The van der Waals surface area contributed by atoms with Crippen LogP contribution in [0.2, 0.25) is 0 Å². The van der Waals surface area contributed by atoms with Crippen LogP contribution in [0.4, 0.5) is 0 Å². The summed E-state index contributed by atoms with van der Waals surface area (Å²) < 4.78 is 5.40. The summed E-state index contributed by atoms with van der Waals surface area (Å²) in [6.45, 7) is 6.27. The van der Waals surface area contributed by atoms with Gasteiger partial charge in [0.2, 0.25) is 5.91 Å². The van der Waals surface area contributed by atoms with Crippen molar-refractivity contribution in [3.63, 3.8) is 0 Å². The van der Waals surface area contributed by atoms with E-state index in [4.69, 9.17) is 4.74 Å². The Bertz CT molecular complexity index is 892. The highest BCUT2D eigenvalue weighted by Crippen LogP contribution is 2.22. The van der Waals surface area contributed by atoms with Gasteiger partial charge in [-0.25, -0.2) is 5.06 Å². The summed E-state index contributed by atoms with van der Waals surface area (Å²) in [4.78, 5) is 28.0. The van der Waals surface area contributed by atoms with Crippen LogP contribution in [-0.4, -0.2) is 70.8 Å². The molecule has 1 N–H and O–H groups in total. The van der Waals surface area contributed by atoms with Gasteiger partial charge in [-0.2, -0.15) is 0 Å². The molecule has 2 aromatic carbocycles. The second-order valence-electron chi connectivity index (χ2n) is 7.89. The lowest BCUT2D eigenvalue weighted by Crippen LogP contribution is -2.57. The minimum absolute atomic E-state index is 0.105. The standard InChI is InChI=1S/C23H27N3O4/c1-17-23(28)25(16-22(27)26(17)29)15-19-4-8-21(9-5-19)20-6-2-18(3-7-20)14-24-10-12-30-13-11-24/h2-9,17,29H,10-16H2,1H3. The van der Waals surface area contributed by atoms with Crippen LogP contribution in [0.1, 0.15) is 18.1 Å². The Kier molecular flexibility index (Phi) is 6.13. The summed E-state index contributed by atoms with van der Waals surface area (Å²) in [6, 6.07) is 15.8. The van der Waals surface area contributed by atoms with Crippen molar-refractivity contribution in [2.24, 2.45) is 0 Å². The van der Waals surface area contributed by atoms with Gasteiger partial charge in [0.05, 0.1) is 13.2 Å². The number of ether oxygens (including phenoxy) is 1. The van der Waals surface area contributed by atoms with Gasteiger partial charge in [-0.15, -0.1) is 0 Å². The van der Waals surface area contributed by atoms with E-state index in [1.54, 1.807) is 0 Å². The van der Waals surface area contributed by atoms with E-state index in [1.165, 1.54) is 17.4 Å². The fraction of sp³-hybridized carbons (Fsp3) is 0.391. The summed E-state index contributed by atoms with van der Waals surface area (Å²) in [5, 5.41) is 10.1. The van der Waals surface area contributed by atoms with Crippen molar-refractivity contribution >= 4 is 11.8 Å². The van der Waals surface area contributed by atoms with E-state index in [0.717, 1.165) is 49.5 Å². The van der Waals surface area contributed by atoms with Crippen LogP contribution < -0.4 is 0 Å². The normalized spacial score (nSPS) is 20.7. The Hall–Kier alpha value is -2.74. The van der Waals surface area contributed by atoms with Gasteiger partial charge >= 0.3 is 0 Å². The topological polar surface area (TPSA) is 73.3 Å². The maximum absolute atomic E-state index is 12.3. The summed E-state index contributed by atoms with van der Waals surface area (Å²) in [5.41, 5.74) is 4.48. The van der Waals surface area contributed by atoms with E-state index in [0.29, 0.717) is 11.6 Å². The summed E-state index contributed by atoms with van der Waals surface area (Å²) >= 11 is 0. The Morgan fingerprint density at radius 2 is 1.43 bits per heavy atom. The number of hydrogen-bond acceptors (Lipinski definition) is 5. The van der Waals surface area contributed by atoms with Gasteiger partial charge in [0.25, 0.3) is 5.91 Å². The van der Waals surface area contributed by atoms with Crippen molar-refractivity contribution < 1.29 is 19.5 Å². The monoisotopic (exact) mass is 409 g/mol. The first kappa shape index (κ1) is 20.5. The average molecular weight is 409 g/mol. The van der Waals surface area contributed by atoms with E-state index in [9.17, 15) is 14.8 Å². The fourth-order valence-corrected chi connectivity index (χ4v) is 3.88. The van der Waals surface area contributed by atoms with E-state index in [2.05, 4.69) is 29.2 Å². The number of rotatable bonds is 5. The van der Waals surface area contributed by atoms with E-state index in [1.807, 2.05) is 24.3 Å². The predicted octanol–water partition coefficient (Wildman–Crippen LogP) is 2.13. The summed E-state index contributed by atoms with van der Waals surface area (Å²) in [5.74, 6) is -0.715. The summed E-state index contributed by atoms with van der Waals surface area (Å²) in [6.07, 6.45) is 0. The molecule has 2 aromatic rings. The number of morpholine rings is 1. The molecule has 2 fully saturated rings. The second-order valence-corrected chi connectivity index (χ2v) is 7.89. The number of amides is 2. The number of benzene rings is 2. The van der Waals surface area contributed by atoms with Crippen LogP contribution in [0.15, 0.2) is 48.5 Å². The Balaban J connectivity index is 1.38. The predicted molar refractivity (Wildman–Crippen MR) is 111 cm³/mol. The van der Waals surface area contributed by atoms with Gasteiger partial charge in [0.1, 0.15) is 12.6 Å². The van der Waals surface area contributed by atoms with Gasteiger partial charge in [-0.1, -0.05) is 48.5 Å². The molecule has 0 radical (unpaired) electrons.